The number of methoxy groups -OCH3 is 1. The summed E-state index contributed by atoms with van der Waals surface area (Å²) in [6, 6.07) is 13.4. The smallest absolute Gasteiger partial charge is 0.247 e. The SMILES string of the molecule is COc1ccccc1S(=O)(=O)N(C)[C@H](C)c1ccccc1Cl. The molecule has 118 valence electrons. The van der Waals surface area contributed by atoms with Crippen molar-refractivity contribution in [2.24, 2.45) is 0 Å². The van der Waals surface area contributed by atoms with Crippen molar-refractivity contribution >= 4 is 21.6 Å². The highest BCUT2D eigenvalue weighted by Gasteiger charge is 2.29. The molecule has 0 aliphatic rings. The van der Waals surface area contributed by atoms with Gasteiger partial charge in [0.1, 0.15) is 10.6 Å². The van der Waals surface area contributed by atoms with Crippen LogP contribution in [0.2, 0.25) is 5.02 Å². The van der Waals surface area contributed by atoms with E-state index < -0.39 is 16.1 Å². The number of sulfonamides is 1. The molecule has 2 rings (SSSR count). The maximum atomic E-state index is 12.8. The third kappa shape index (κ3) is 3.11. The number of benzene rings is 2. The Morgan fingerprint density at radius 1 is 1.09 bits per heavy atom. The second-order valence-electron chi connectivity index (χ2n) is 4.87. The third-order valence-corrected chi connectivity index (χ3v) is 5.94. The van der Waals surface area contributed by atoms with E-state index in [0.717, 1.165) is 5.56 Å². The number of ether oxygens (including phenoxy) is 1. The largest absolute Gasteiger partial charge is 0.495 e. The lowest BCUT2D eigenvalue weighted by Crippen LogP contribution is -2.30. The molecule has 2 aromatic rings. The van der Waals surface area contributed by atoms with E-state index in [1.807, 2.05) is 18.2 Å². The minimum absolute atomic E-state index is 0.138. The Labute approximate surface area is 136 Å². The molecule has 2 aromatic carbocycles. The summed E-state index contributed by atoms with van der Waals surface area (Å²) in [6.45, 7) is 1.80. The lowest BCUT2D eigenvalue weighted by molar-refractivity contribution is 0.382. The molecule has 0 saturated heterocycles. The number of para-hydroxylation sites is 1. The van der Waals surface area contributed by atoms with Gasteiger partial charge in [0, 0.05) is 18.1 Å². The van der Waals surface area contributed by atoms with Gasteiger partial charge in [-0.3, -0.25) is 0 Å². The van der Waals surface area contributed by atoms with Crippen molar-refractivity contribution < 1.29 is 13.2 Å². The van der Waals surface area contributed by atoms with Crippen molar-refractivity contribution in [2.75, 3.05) is 14.2 Å². The zero-order valence-corrected chi connectivity index (χ0v) is 14.2. The van der Waals surface area contributed by atoms with Gasteiger partial charge in [0.15, 0.2) is 0 Å². The molecule has 0 N–H and O–H groups in total. The zero-order chi connectivity index (χ0) is 16.3. The Hall–Kier alpha value is -1.56. The van der Waals surface area contributed by atoms with Gasteiger partial charge in [-0.15, -0.1) is 0 Å². The van der Waals surface area contributed by atoms with Gasteiger partial charge in [0.05, 0.1) is 7.11 Å². The average molecular weight is 340 g/mol. The van der Waals surface area contributed by atoms with Gasteiger partial charge in [0.25, 0.3) is 0 Å². The van der Waals surface area contributed by atoms with Gasteiger partial charge >= 0.3 is 0 Å². The van der Waals surface area contributed by atoms with E-state index in [2.05, 4.69) is 0 Å². The molecule has 0 heterocycles. The number of halogens is 1. The van der Waals surface area contributed by atoms with Crippen LogP contribution in [0.3, 0.4) is 0 Å². The molecule has 0 aliphatic carbocycles. The van der Waals surface area contributed by atoms with Crippen LogP contribution in [0.4, 0.5) is 0 Å². The summed E-state index contributed by atoms with van der Waals surface area (Å²) >= 11 is 6.17. The summed E-state index contributed by atoms with van der Waals surface area (Å²) in [7, 11) is -0.708. The molecule has 0 aliphatic heterocycles. The maximum absolute atomic E-state index is 12.8. The topological polar surface area (TPSA) is 46.6 Å². The van der Waals surface area contributed by atoms with Crippen LogP contribution in [-0.2, 0) is 10.0 Å². The summed E-state index contributed by atoms with van der Waals surface area (Å²) in [5.74, 6) is 0.320. The van der Waals surface area contributed by atoms with E-state index in [0.29, 0.717) is 10.8 Å². The highest BCUT2D eigenvalue weighted by molar-refractivity contribution is 7.89. The second kappa shape index (κ2) is 6.69. The number of hydrogen-bond acceptors (Lipinski definition) is 3. The summed E-state index contributed by atoms with van der Waals surface area (Å²) in [5, 5.41) is 0.539. The van der Waals surface area contributed by atoms with Gasteiger partial charge < -0.3 is 4.74 Å². The molecule has 0 amide bonds. The first-order valence-corrected chi connectivity index (χ1v) is 8.57. The molecule has 1 atom stereocenters. The highest BCUT2D eigenvalue weighted by Crippen LogP contribution is 2.33. The number of hydrogen-bond donors (Lipinski definition) is 0. The Balaban J connectivity index is 2.43. The fraction of sp³-hybridized carbons (Fsp3) is 0.250. The predicted molar refractivity (Wildman–Crippen MR) is 87.8 cm³/mol. The van der Waals surface area contributed by atoms with E-state index in [1.165, 1.54) is 24.5 Å². The first-order valence-electron chi connectivity index (χ1n) is 6.75. The summed E-state index contributed by atoms with van der Waals surface area (Å²) in [4.78, 5) is 0.138. The molecule has 0 radical (unpaired) electrons. The van der Waals surface area contributed by atoms with Crippen molar-refractivity contribution in [3.8, 4) is 5.75 Å². The van der Waals surface area contributed by atoms with Gasteiger partial charge in [-0.2, -0.15) is 4.31 Å². The van der Waals surface area contributed by atoms with Crippen LogP contribution < -0.4 is 4.74 Å². The molecule has 0 bridgehead atoms. The maximum Gasteiger partial charge on any atom is 0.247 e. The quantitative estimate of drug-likeness (QED) is 0.833. The van der Waals surface area contributed by atoms with E-state index >= 15 is 0 Å². The fourth-order valence-electron chi connectivity index (χ4n) is 2.20. The van der Waals surface area contributed by atoms with Crippen LogP contribution in [0.5, 0.6) is 5.75 Å². The molecule has 4 nitrogen and oxygen atoms in total. The van der Waals surface area contributed by atoms with E-state index in [9.17, 15) is 8.42 Å². The first-order chi connectivity index (χ1) is 10.4. The lowest BCUT2D eigenvalue weighted by atomic mass is 10.1. The van der Waals surface area contributed by atoms with E-state index in [1.54, 1.807) is 31.2 Å². The Morgan fingerprint density at radius 3 is 2.32 bits per heavy atom. The standard InChI is InChI=1S/C16H18ClNO3S/c1-12(13-8-4-5-9-14(13)17)18(2)22(19,20)16-11-7-6-10-15(16)21-3/h4-12H,1-3H3/t12-/m1/s1. The van der Waals surface area contributed by atoms with Crippen molar-refractivity contribution in [2.45, 2.75) is 17.9 Å². The van der Waals surface area contributed by atoms with Crippen LogP contribution in [0.15, 0.2) is 53.4 Å². The van der Waals surface area contributed by atoms with Crippen molar-refractivity contribution in [1.82, 2.24) is 4.31 Å². The average Bonchev–Trinajstić information content (AvgIpc) is 2.53. The van der Waals surface area contributed by atoms with Crippen LogP contribution in [0.1, 0.15) is 18.5 Å². The lowest BCUT2D eigenvalue weighted by Gasteiger charge is -2.26. The number of rotatable bonds is 5. The molecule has 6 heteroatoms. The summed E-state index contributed by atoms with van der Waals surface area (Å²) < 4.78 is 32.1. The van der Waals surface area contributed by atoms with Gasteiger partial charge in [-0.1, -0.05) is 41.9 Å². The summed E-state index contributed by atoms with van der Waals surface area (Å²) in [5.41, 5.74) is 0.755. The first kappa shape index (κ1) is 16.8. The predicted octanol–water partition coefficient (Wildman–Crippen LogP) is 3.73. The zero-order valence-electron chi connectivity index (χ0n) is 12.7. The van der Waals surface area contributed by atoms with Crippen LogP contribution in [-0.4, -0.2) is 26.9 Å². The molecular weight excluding hydrogens is 322 g/mol. The second-order valence-corrected chi connectivity index (χ2v) is 7.24. The van der Waals surface area contributed by atoms with Gasteiger partial charge in [0.2, 0.25) is 10.0 Å². The Kier molecular flexibility index (Phi) is 5.11. The molecule has 22 heavy (non-hydrogen) atoms. The normalized spacial score (nSPS) is 13.1. The Bertz CT molecular complexity index is 761. The van der Waals surface area contributed by atoms with E-state index in [-0.39, 0.29) is 4.90 Å². The highest BCUT2D eigenvalue weighted by atomic mass is 35.5. The van der Waals surface area contributed by atoms with Crippen LogP contribution in [0, 0.1) is 0 Å². The molecular formula is C16H18ClNO3S. The molecule has 0 unspecified atom stereocenters. The third-order valence-electron chi connectivity index (χ3n) is 3.63. The van der Waals surface area contributed by atoms with Crippen LogP contribution in [0.25, 0.3) is 0 Å². The van der Waals surface area contributed by atoms with Crippen molar-refractivity contribution in [3.63, 3.8) is 0 Å². The number of nitrogens with zero attached hydrogens (tertiary/aromatic N) is 1. The minimum Gasteiger partial charge on any atom is -0.495 e. The molecule has 0 fully saturated rings. The minimum atomic E-state index is -3.70. The van der Waals surface area contributed by atoms with Gasteiger partial charge in [-0.05, 0) is 30.7 Å². The molecule has 0 saturated carbocycles. The molecule has 0 spiro atoms. The van der Waals surface area contributed by atoms with Crippen molar-refractivity contribution in [1.29, 1.82) is 0 Å². The van der Waals surface area contributed by atoms with Gasteiger partial charge in [-0.25, -0.2) is 8.42 Å². The van der Waals surface area contributed by atoms with Crippen LogP contribution >= 0.6 is 11.6 Å². The van der Waals surface area contributed by atoms with Crippen molar-refractivity contribution in [3.05, 3.63) is 59.1 Å². The Morgan fingerprint density at radius 2 is 1.68 bits per heavy atom. The van der Waals surface area contributed by atoms with E-state index in [4.69, 9.17) is 16.3 Å². The summed E-state index contributed by atoms with van der Waals surface area (Å²) in [6.07, 6.45) is 0. The molecule has 0 aromatic heterocycles. The fourth-order valence-corrected chi connectivity index (χ4v) is 3.99. The monoisotopic (exact) mass is 339 g/mol.